The molecule has 0 aromatic carbocycles. The van der Waals surface area contributed by atoms with Crippen molar-refractivity contribution in [3.63, 3.8) is 0 Å². The normalized spacial score (nSPS) is 12.8. The summed E-state index contributed by atoms with van der Waals surface area (Å²) >= 11 is 0. The van der Waals surface area contributed by atoms with Gasteiger partial charge in [0.1, 0.15) is 13.2 Å². The molecule has 0 aliphatic carbocycles. The van der Waals surface area contributed by atoms with Crippen LogP contribution in [0.1, 0.15) is 309 Å². The monoisotopic (exact) mass is 1030 g/mol. The number of hydrogen-bond donors (Lipinski definition) is 0. The van der Waals surface area contributed by atoms with Gasteiger partial charge in [0, 0.05) is 12.8 Å². The highest BCUT2D eigenvalue weighted by atomic mass is 16.7. The summed E-state index contributed by atoms with van der Waals surface area (Å²) in [6.07, 6.45) is 64.0. The topological polar surface area (TPSA) is 111 Å². The summed E-state index contributed by atoms with van der Waals surface area (Å²) in [5.74, 6) is -2.27. The summed E-state index contributed by atoms with van der Waals surface area (Å²) in [5.41, 5.74) is 0. The molecule has 0 fully saturated rings. The van der Waals surface area contributed by atoms with Crippen LogP contribution >= 0.6 is 0 Å². The maximum atomic E-state index is 12.9. The van der Waals surface area contributed by atoms with Gasteiger partial charge in [0.25, 0.3) is 0 Å². The number of ether oxygens (including phenoxy) is 4. The van der Waals surface area contributed by atoms with Gasteiger partial charge in [-0.05, 0) is 64.2 Å². The largest absolute Gasteiger partial charge is 0.545 e. The number of quaternary nitrogens is 1. The standard InChI is InChI=1S/C64H121NO8/c1-6-8-10-12-14-16-18-20-22-23-24-25-26-27-28-29-30-31-32-33-34-35-36-37-38-39-41-43-45-47-49-51-53-55-62(67)73-60(59-72-64(63(68)69)70-57-56-65(3,4)5)58-71-61(66)54-52-50-48-46-44-42-40-21-19-17-15-13-11-9-7-2/h21,23-24,40,60,64H,6-20,22,25-39,41-59H2,1-5H3/b24-23-,40-21-. The summed E-state index contributed by atoms with van der Waals surface area (Å²) in [5, 5.41) is 11.8. The molecule has 430 valence electrons. The van der Waals surface area contributed by atoms with E-state index < -0.39 is 24.3 Å². The third-order valence-corrected chi connectivity index (χ3v) is 14.2. The number of allylic oxidation sites excluding steroid dienone is 4. The van der Waals surface area contributed by atoms with Crippen LogP contribution in [-0.4, -0.2) is 82.3 Å². The molecule has 0 amide bonds. The molecule has 2 atom stereocenters. The van der Waals surface area contributed by atoms with Crippen molar-refractivity contribution in [1.29, 1.82) is 0 Å². The van der Waals surface area contributed by atoms with Crippen molar-refractivity contribution in [3.8, 4) is 0 Å². The Morgan fingerprint density at radius 3 is 1.01 bits per heavy atom. The molecule has 0 saturated carbocycles. The first-order chi connectivity index (χ1) is 35.6. The van der Waals surface area contributed by atoms with Gasteiger partial charge in [0.2, 0.25) is 0 Å². The van der Waals surface area contributed by atoms with Crippen LogP contribution in [0.5, 0.6) is 0 Å². The van der Waals surface area contributed by atoms with E-state index in [4.69, 9.17) is 18.9 Å². The number of carbonyl (C=O) groups is 3. The molecule has 73 heavy (non-hydrogen) atoms. The van der Waals surface area contributed by atoms with Crippen LogP contribution < -0.4 is 5.11 Å². The lowest BCUT2D eigenvalue weighted by Crippen LogP contribution is -2.44. The Hall–Kier alpha value is -2.23. The van der Waals surface area contributed by atoms with Crippen molar-refractivity contribution in [2.24, 2.45) is 0 Å². The molecule has 0 spiro atoms. The molecule has 9 nitrogen and oxygen atoms in total. The highest BCUT2D eigenvalue weighted by Crippen LogP contribution is 2.18. The van der Waals surface area contributed by atoms with Crippen molar-refractivity contribution in [2.45, 2.75) is 322 Å². The minimum absolute atomic E-state index is 0.149. The summed E-state index contributed by atoms with van der Waals surface area (Å²) in [4.78, 5) is 37.3. The van der Waals surface area contributed by atoms with E-state index in [1.165, 1.54) is 225 Å². The molecule has 0 heterocycles. The van der Waals surface area contributed by atoms with E-state index in [-0.39, 0.29) is 38.6 Å². The lowest BCUT2D eigenvalue weighted by Gasteiger charge is -2.26. The van der Waals surface area contributed by atoms with Crippen molar-refractivity contribution in [2.75, 3.05) is 47.5 Å². The first kappa shape index (κ1) is 70.8. The SMILES string of the molecule is CCCCCCCC/C=C\CCCCCCCC(=O)OCC(COC(OCC[N+](C)(C)C)C(=O)[O-])OC(=O)CCCCCCCCCCCCCCCCCCCCCCC/C=C\CCCCCCCCCC. The maximum absolute atomic E-state index is 12.9. The Morgan fingerprint density at radius 2 is 0.699 bits per heavy atom. The molecule has 0 aromatic heterocycles. The van der Waals surface area contributed by atoms with E-state index in [1.54, 1.807) is 0 Å². The number of nitrogens with zero attached hydrogens (tertiary/aromatic N) is 1. The fraction of sp³-hybridized carbons (Fsp3) is 0.891. The number of likely N-dealkylation sites (N-methyl/N-ethyl adjacent to an activating group) is 1. The molecule has 0 saturated heterocycles. The molecular formula is C64H121NO8. The number of carboxylic acids is 1. The highest BCUT2D eigenvalue weighted by molar-refractivity contribution is 5.70. The number of hydrogen-bond acceptors (Lipinski definition) is 8. The van der Waals surface area contributed by atoms with E-state index in [0.29, 0.717) is 11.0 Å². The van der Waals surface area contributed by atoms with E-state index in [0.717, 1.165) is 57.8 Å². The Morgan fingerprint density at radius 1 is 0.397 bits per heavy atom. The van der Waals surface area contributed by atoms with Crippen molar-refractivity contribution >= 4 is 17.9 Å². The van der Waals surface area contributed by atoms with Crippen LogP contribution in [0.2, 0.25) is 0 Å². The van der Waals surface area contributed by atoms with Crippen LogP contribution in [0, 0.1) is 0 Å². The minimum atomic E-state index is -1.62. The quantitative estimate of drug-likeness (QED) is 0.0195. The molecular weight excluding hydrogens is 911 g/mol. The van der Waals surface area contributed by atoms with Crippen LogP contribution in [-0.2, 0) is 33.3 Å². The number of carboxylic acid groups (broad SMARTS) is 1. The molecule has 0 rings (SSSR count). The van der Waals surface area contributed by atoms with Crippen molar-refractivity contribution in [1.82, 2.24) is 0 Å². The second kappa shape index (κ2) is 56.0. The van der Waals surface area contributed by atoms with Gasteiger partial charge in [-0.2, -0.15) is 0 Å². The number of rotatable bonds is 59. The zero-order valence-corrected chi connectivity index (χ0v) is 49.0. The van der Waals surface area contributed by atoms with Gasteiger partial charge in [-0.3, -0.25) is 9.59 Å². The maximum Gasteiger partial charge on any atom is 0.306 e. The van der Waals surface area contributed by atoms with E-state index >= 15 is 0 Å². The summed E-state index contributed by atoms with van der Waals surface area (Å²) in [7, 11) is 5.93. The average molecular weight is 1030 g/mol. The van der Waals surface area contributed by atoms with Crippen LogP contribution in [0.25, 0.3) is 0 Å². The van der Waals surface area contributed by atoms with Crippen molar-refractivity contribution < 1.29 is 42.9 Å². The Kier molecular flexibility index (Phi) is 54.3. The molecule has 0 radical (unpaired) electrons. The summed E-state index contributed by atoms with van der Waals surface area (Å²) < 4.78 is 22.7. The first-order valence-corrected chi connectivity index (χ1v) is 31.5. The molecule has 0 bridgehead atoms. The van der Waals surface area contributed by atoms with E-state index in [9.17, 15) is 19.5 Å². The fourth-order valence-electron chi connectivity index (χ4n) is 9.29. The lowest BCUT2D eigenvalue weighted by atomic mass is 10.0. The van der Waals surface area contributed by atoms with Crippen LogP contribution in [0.3, 0.4) is 0 Å². The van der Waals surface area contributed by atoms with E-state index in [1.807, 2.05) is 21.1 Å². The Bertz CT molecular complexity index is 1250. The highest BCUT2D eigenvalue weighted by Gasteiger charge is 2.22. The number of unbranched alkanes of at least 4 members (excludes halogenated alkanes) is 40. The van der Waals surface area contributed by atoms with Gasteiger partial charge in [-0.25, -0.2) is 0 Å². The second-order valence-corrected chi connectivity index (χ2v) is 22.7. The predicted octanol–water partition coefficient (Wildman–Crippen LogP) is 17.4. The van der Waals surface area contributed by atoms with E-state index in [2.05, 4.69) is 38.2 Å². The number of aliphatic carboxylic acids is 1. The van der Waals surface area contributed by atoms with Crippen LogP contribution in [0.15, 0.2) is 24.3 Å². The lowest BCUT2D eigenvalue weighted by molar-refractivity contribution is -0.870. The average Bonchev–Trinajstić information content (AvgIpc) is 3.36. The molecule has 0 aromatic rings. The first-order valence-electron chi connectivity index (χ1n) is 31.5. The third-order valence-electron chi connectivity index (χ3n) is 14.2. The summed E-state index contributed by atoms with van der Waals surface area (Å²) in [6, 6.07) is 0. The molecule has 0 aliphatic heterocycles. The summed E-state index contributed by atoms with van der Waals surface area (Å²) in [6.45, 7) is 4.78. The zero-order chi connectivity index (χ0) is 53.4. The van der Waals surface area contributed by atoms with Gasteiger partial charge in [0.05, 0.1) is 40.3 Å². The van der Waals surface area contributed by atoms with Gasteiger partial charge in [-0.1, -0.05) is 256 Å². The molecule has 0 N–H and O–H groups in total. The Balaban J connectivity index is 4.04. The number of carbonyl (C=O) groups excluding carboxylic acids is 3. The van der Waals surface area contributed by atoms with Crippen molar-refractivity contribution in [3.05, 3.63) is 24.3 Å². The second-order valence-electron chi connectivity index (χ2n) is 22.7. The molecule has 2 unspecified atom stereocenters. The third kappa shape index (κ3) is 57.3. The zero-order valence-electron chi connectivity index (χ0n) is 49.0. The van der Waals surface area contributed by atoms with Gasteiger partial charge in [0.15, 0.2) is 12.4 Å². The predicted molar refractivity (Wildman–Crippen MR) is 306 cm³/mol. The molecule has 9 heteroatoms. The fourth-order valence-corrected chi connectivity index (χ4v) is 9.29. The van der Waals surface area contributed by atoms with Gasteiger partial charge < -0.3 is 33.3 Å². The minimum Gasteiger partial charge on any atom is -0.545 e. The smallest absolute Gasteiger partial charge is 0.306 e. The van der Waals surface area contributed by atoms with Crippen LogP contribution in [0.4, 0.5) is 0 Å². The van der Waals surface area contributed by atoms with Gasteiger partial charge in [-0.15, -0.1) is 0 Å². The Labute approximate surface area is 452 Å². The molecule has 0 aliphatic rings. The van der Waals surface area contributed by atoms with Gasteiger partial charge >= 0.3 is 11.9 Å². The number of esters is 2.